The zero-order chi connectivity index (χ0) is 23.7. The van der Waals surface area contributed by atoms with E-state index in [-0.39, 0.29) is 11.6 Å². The van der Waals surface area contributed by atoms with E-state index in [1.54, 1.807) is 49.4 Å². The summed E-state index contributed by atoms with van der Waals surface area (Å²) in [5.74, 6) is -1.45. The quantitative estimate of drug-likeness (QED) is 0.169. The third-order valence-electron chi connectivity index (χ3n) is 7.67. The molecule has 4 nitrogen and oxygen atoms in total. The van der Waals surface area contributed by atoms with Crippen LogP contribution < -0.4 is 4.74 Å². The lowest BCUT2D eigenvalue weighted by Gasteiger charge is -2.24. The molecule has 1 heterocycles. The van der Waals surface area contributed by atoms with E-state index < -0.39 is 22.7 Å². The zero-order valence-corrected chi connectivity index (χ0v) is 18.9. The summed E-state index contributed by atoms with van der Waals surface area (Å²) in [5.41, 5.74) is -0.230. The van der Waals surface area contributed by atoms with E-state index in [9.17, 15) is 14.4 Å². The molecule has 1 aliphatic carbocycles. The van der Waals surface area contributed by atoms with Crippen molar-refractivity contribution < 1.29 is 19.1 Å². The molecular formula is C30H22O4. The number of benzene rings is 4. The average Bonchev–Trinajstić information content (AvgIpc) is 3.46. The van der Waals surface area contributed by atoms with Crippen molar-refractivity contribution in [3.05, 3.63) is 113 Å². The number of rotatable bonds is 4. The van der Waals surface area contributed by atoms with Gasteiger partial charge in [0.15, 0.2) is 17.0 Å². The fraction of sp³-hybridized carbons (Fsp3) is 0.167. The maximum absolute atomic E-state index is 14.1. The Morgan fingerprint density at radius 3 is 2.15 bits per heavy atom. The SMILES string of the molecule is Cc1ccc(C(=O)[C@]2(C)[C@H]3c4c(ccc5ccccc45)OC(=O)[C@]32C(=O)c2ccccc2)cc1. The van der Waals surface area contributed by atoms with Gasteiger partial charge in [-0.25, -0.2) is 0 Å². The van der Waals surface area contributed by atoms with Crippen molar-refractivity contribution in [2.75, 3.05) is 0 Å². The number of hydrogen-bond donors (Lipinski definition) is 0. The van der Waals surface area contributed by atoms with Gasteiger partial charge in [-0.2, -0.15) is 0 Å². The van der Waals surface area contributed by atoms with Gasteiger partial charge >= 0.3 is 5.97 Å². The van der Waals surface area contributed by atoms with Gasteiger partial charge in [-0.1, -0.05) is 97.4 Å². The van der Waals surface area contributed by atoms with Crippen LogP contribution >= 0.6 is 0 Å². The monoisotopic (exact) mass is 446 g/mol. The Kier molecular flexibility index (Phi) is 4.21. The second-order valence-corrected chi connectivity index (χ2v) is 9.42. The lowest BCUT2D eigenvalue weighted by molar-refractivity contribution is -0.140. The Bertz CT molecular complexity index is 1500. The molecule has 6 rings (SSSR count). The number of ether oxygens (including phenoxy) is 1. The Morgan fingerprint density at radius 1 is 0.765 bits per heavy atom. The molecule has 0 unspecified atom stereocenters. The molecule has 3 atom stereocenters. The van der Waals surface area contributed by atoms with Crippen LogP contribution in [0.2, 0.25) is 0 Å². The highest BCUT2D eigenvalue weighted by Gasteiger charge is 2.87. The molecule has 4 aromatic carbocycles. The van der Waals surface area contributed by atoms with Crippen molar-refractivity contribution >= 4 is 28.3 Å². The molecule has 0 saturated heterocycles. The minimum atomic E-state index is -1.62. The van der Waals surface area contributed by atoms with Gasteiger partial charge in [0.2, 0.25) is 0 Å². The van der Waals surface area contributed by atoms with Crippen LogP contribution in [0.5, 0.6) is 5.75 Å². The predicted octanol–water partition coefficient (Wildman–Crippen LogP) is 5.92. The minimum absolute atomic E-state index is 0.223. The van der Waals surface area contributed by atoms with Gasteiger partial charge in [-0.05, 0) is 23.8 Å². The van der Waals surface area contributed by atoms with Crippen LogP contribution in [0.1, 0.15) is 44.7 Å². The molecule has 0 bridgehead atoms. The molecule has 34 heavy (non-hydrogen) atoms. The standard InChI is InChI=1S/C30H22O4/c1-18-12-14-21(15-13-18)26(31)29(2)25-24-22-11-7-6-8-19(22)16-17-23(24)34-28(33)30(25,29)27(32)20-9-4-3-5-10-20/h3-17,25H,1-2H3/t25-,29+,30-/m1/s1. The summed E-state index contributed by atoms with van der Waals surface area (Å²) in [6, 6.07) is 27.5. The Morgan fingerprint density at radius 2 is 1.41 bits per heavy atom. The van der Waals surface area contributed by atoms with E-state index in [0.29, 0.717) is 16.9 Å². The van der Waals surface area contributed by atoms with Crippen LogP contribution in [-0.2, 0) is 4.79 Å². The molecule has 4 aromatic rings. The zero-order valence-electron chi connectivity index (χ0n) is 18.9. The third kappa shape index (κ3) is 2.45. The van der Waals surface area contributed by atoms with Crippen LogP contribution in [0.15, 0.2) is 91.0 Å². The van der Waals surface area contributed by atoms with Crippen molar-refractivity contribution in [3.8, 4) is 5.75 Å². The molecule has 166 valence electrons. The second-order valence-electron chi connectivity index (χ2n) is 9.42. The van der Waals surface area contributed by atoms with Gasteiger partial charge in [0.25, 0.3) is 0 Å². The molecule has 2 aliphatic rings. The number of esters is 1. The lowest BCUT2D eigenvalue weighted by atomic mass is 9.82. The maximum Gasteiger partial charge on any atom is 0.327 e. The number of ketones is 2. The first-order valence-corrected chi connectivity index (χ1v) is 11.4. The van der Waals surface area contributed by atoms with Gasteiger partial charge in [0, 0.05) is 22.6 Å². The van der Waals surface area contributed by atoms with E-state index in [4.69, 9.17) is 4.74 Å². The molecule has 1 aliphatic heterocycles. The van der Waals surface area contributed by atoms with Gasteiger partial charge in [-0.15, -0.1) is 0 Å². The fourth-order valence-corrected chi connectivity index (χ4v) is 5.89. The van der Waals surface area contributed by atoms with Gasteiger partial charge in [0.05, 0.1) is 5.41 Å². The summed E-state index contributed by atoms with van der Waals surface area (Å²) in [4.78, 5) is 41.8. The molecule has 0 N–H and O–H groups in total. The van der Waals surface area contributed by atoms with Crippen LogP contribution in [0, 0.1) is 17.8 Å². The Hall–Kier alpha value is -4.05. The Balaban J connectivity index is 1.63. The van der Waals surface area contributed by atoms with Crippen LogP contribution in [0.4, 0.5) is 0 Å². The third-order valence-corrected chi connectivity index (χ3v) is 7.67. The minimum Gasteiger partial charge on any atom is -0.425 e. The summed E-state index contributed by atoms with van der Waals surface area (Å²) in [7, 11) is 0. The molecular weight excluding hydrogens is 424 g/mol. The number of fused-ring (bicyclic) bond motifs is 5. The molecule has 0 amide bonds. The highest BCUT2D eigenvalue weighted by atomic mass is 16.5. The first kappa shape index (κ1) is 20.5. The highest BCUT2D eigenvalue weighted by molar-refractivity contribution is 6.26. The molecule has 4 heteroatoms. The van der Waals surface area contributed by atoms with E-state index in [1.807, 2.05) is 55.5 Å². The van der Waals surface area contributed by atoms with Crippen molar-refractivity contribution in [1.29, 1.82) is 0 Å². The normalized spacial score (nSPS) is 24.6. The van der Waals surface area contributed by atoms with Crippen LogP contribution in [0.25, 0.3) is 10.8 Å². The number of Topliss-reactive ketones (excluding diaryl/α,β-unsaturated/α-hetero) is 2. The largest absolute Gasteiger partial charge is 0.425 e. The molecule has 1 fully saturated rings. The predicted molar refractivity (Wildman–Crippen MR) is 129 cm³/mol. The number of carbonyl (C=O) groups is 3. The van der Waals surface area contributed by atoms with Crippen LogP contribution in [0.3, 0.4) is 0 Å². The smallest absolute Gasteiger partial charge is 0.327 e. The molecule has 0 radical (unpaired) electrons. The van der Waals surface area contributed by atoms with Crippen LogP contribution in [-0.4, -0.2) is 17.5 Å². The summed E-state index contributed by atoms with van der Waals surface area (Å²) in [6.45, 7) is 3.70. The van der Waals surface area contributed by atoms with Gasteiger partial charge < -0.3 is 4.74 Å². The first-order valence-electron chi connectivity index (χ1n) is 11.4. The summed E-state index contributed by atoms with van der Waals surface area (Å²) >= 11 is 0. The molecule has 0 aromatic heterocycles. The number of hydrogen-bond acceptors (Lipinski definition) is 4. The van der Waals surface area contributed by atoms with E-state index in [1.165, 1.54) is 0 Å². The van der Waals surface area contributed by atoms with Crippen molar-refractivity contribution in [3.63, 3.8) is 0 Å². The second kappa shape index (κ2) is 6.97. The van der Waals surface area contributed by atoms with E-state index >= 15 is 0 Å². The molecule has 1 saturated carbocycles. The highest BCUT2D eigenvalue weighted by Crippen LogP contribution is 2.79. The summed E-state index contributed by atoms with van der Waals surface area (Å²) in [5, 5.41) is 1.86. The average molecular weight is 447 g/mol. The van der Waals surface area contributed by atoms with E-state index in [2.05, 4.69) is 0 Å². The van der Waals surface area contributed by atoms with Gasteiger partial charge in [-0.3, -0.25) is 14.4 Å². The number of carbonyl (C=O) groups excluding carboxylic acids is 3. The van der Waals surface area contributed by atoms with Crippen molar-refractivity contribution in [1.82, 2.24) is 0 Å². The van der Waals surface area contributed by atoms with Crippen molar-refractivity contribution in [2.24, 2.45) is 10.8 Å². The van der Waals surface area contributed by atoms with Crippen molar-refractivity contribution in [2.45, 2.75) is 19.8 Å². The molecule has 0 spiro atoms. The summed E-state index contributed by atoms with van der Waals surface area (Å²) in [6.07, 6.45) is 0. The summed E-state index contributed by atoms with van der Waals surface area (Å²) < 4.78 is 5.83. The number of aryl methyl sites for hydroxylation is 1. The lowest BCUT2D eigenvalue weighted by Crippen LogP contribution is -2.39. The first-order chi connectivity index (χ1) is 16.4. The Labute approximate surface area is 197 Å². The maximum atomic E-state index is 14.1. The fourth-order valence-electron chi connectivity index (χ4n) is 5.89. The topological polar surface area (TPSA) is 60.4 Å². The van der Waals surface area contributed by atoms with Gasteiger partial charge in [0.1, 0.15) is 5.75 Å². The van der Waals surface area contributed by atoms with E-state index in [0.717, 1.165) is 21.9 Å².